The minimum atomic E-state index is 0.729. The van der Waals surface area contributed by atoms with Gasteiger partial charge in [0.15, 0.2) is 0 Å². The van der Waals surface area contributed by atoms with Crippen molar-refractivity contribution in [3.63, 3.8) is 0 Å². The van der Waals surface area contributed by atoms with Crippen molar-refractivity contribution in [2.75, 3.05) is 0 Å². The molecule has 1 aromatic carbocycles. The lowest BCUT2D eigenvalue weighted by atomic mass is 10.2. The second-order valence-electron chi connectivity index (χ2n) is 2.90. The van der Waals surface area contributed by atoms with Crippen LogP contribution in [0.25, 0.3) is 0 Å². The summed E-state index contributed by atoms with van der Waals surface area (Å²) in [4.78, 5) is 10.0. The van der Waals surface area contributed by atoms with Crippen molar-refractivity contribution >= 4 is 12.0 Å². The van der Waals surface area contributed by atoms with Gasteiger partial charge in [0.05, 0.1) is 5.71 Å². The molecule has 0 aliphatic rings. The van der Waals surface area contributed by atoms with Crippen molar-refractivity contribution in [1.82, 2.24) is 0 Å². The molecule has 1 rings (SSSR count). The van der Waals surface area contributed by atoms with Crippen LogP contribution < -0.4 is 0 Å². The number of rotatable bonds is 3. The Balaban J connectivity index is 0.000000265. The van der Waals surface area contributed by atoms with E-state index in [-0.39, 0.29) is 0 Å². The predicted molar refractivity (Wildman–Crippen MR) is 61.6 cm³/mol. The predicted octanol–water partition coefficient (Wildman–Crippen LogP) is 3.14. The number of hydrogen-bond acceptors (Lipinski definition) is 3. The molecule has 3 heteroatoms. The normalized spacial score (nSPS) is 8.40. The van der Waals surface area contributed by atoms with Gasteiger partial charge in [0.2, 0.25) is 0 Å². The van der Waals surface area contributed by atoms with Gasteiger partial charge in [0.25, 0.3) is 0 Å². The van der Waals surface area contributed by atoms with Crippen molar-refractivity contribution in [3.05, 3.63) is 35.9 Å². The molecule has 15 heavy (non-hydrogen) atoms. The van der Waals surface area contributed by atoms with Crippen molar-refractivity contribution in [2.45, 2.75) is 26.7 Å². The van der Waals surface area contributed by atoms with E-state index in [2.05, 4.69) is 5.16 Å². The van der Waals surface area contributed by atoms with Crippen LogP contribution in [0.1, 0.15) is 37.0 Å². The molecule has 0 bridgehead atoms. The van der Waals surface area contributed by atoms with Crippen LogP contribution in [0.3, 0.4) is 0 Å². The topological polar surface area (TPSA) is 49.7 Å². The van der Waals surface area contributed by atoms with Crippen molar-refractivity contribution in [1.29, 1.82) is 0 Å². The zero-order valence-electron chi connectivity index (χ0n) is 9.18. The van der Waals surface area contributed by atoms with E-state index in [9.17, 15) is 4.79 Å². The second kappa shape index (κ2) is 8.94. The Kier molecular flexibility index (Phi) is 7.96. The quantitative estimate of drug-likeness (QED) is 0.358. The first kappa shape index (κ1) is 13.4. The van der Waals surface area contributed by atoms with Crippen molar-refractivity contribution in [2.24, 2.45) is 5.16 Å². The van der Waals surface area contributed by atoms with Crippen LogP contribution in [-0.4, -0.2) is 17.2 Å². The Bertz CT molecular complexity index is 288. The fraction of sp³-hybridized carbons (Fsp3) is 0.333. The fourth-order valence-electron chi connectivity index (χ4n) is 0.923. The van der Waals surface area contributed by atoms with Gasteiger partial charge in [-0.05, 0) is 12.8 Å². The van der Waals surface area contributed by atoms with Crippen molar-refractivity contribution < 1.29 is 10.0 Å². The molecule has 0 amide bonds. The number of aldehydes is 1. The molecular formula is C12H17NO2. The van der Waals surface area contributed by atoms with Crippen LogP contribution in [-0.2, 0) is 0 Å². The standard InChI is InChI=1S/C7H6O.C5H11NO/c8-6-7-4-2-1-3-5-7;1-3-5(4-2)6-7/h1-6H;7H,3-4H2,1-2H3. The van der Waals surface area contributed by atoms with Crippen LogP contribution in [0.15, 0.2) is 35.5 Å². The van der Waals surface area contributed by atoms with E-state index in [0.29, 0.717) is 0 Å². The first-order valence-corrected chi connectivity index (χ1v) is 4.98. The van der Waals surface area contributed by atoms with Gasteiger partial charge in [-0.1, -0.05) is 49.3 Å². The highest BCUT2D eigenvalue weighted by Crippen LogP contribution is 1.91. The molecule has 0 saturated carbocycles. The molecule has 0 aliphatic carbocycles. The zero-order valence-corrected chi connectivity index (χ0v) is 9.18. The van der Waals surface area contributed by atoms with E-state index in [4.69, 9.17) is 5.21 Å². The summed E-state index contributed by atoms with van der Waals surface area (Å²) in [7, 11) is 0. The Morgan fingerprint density at radius 1 is 1.27 bits per heavy atom. The highest BCUT2D eigenvalue weighted by molar-refractivity contribution is 5.83. The average molecular weight is 207 g/mol. The summed E-state index contributed by atoms with van der Waals surface area (Å²) in [5, 5.41) is 11.2. The van der Waals surface area contributed by atoms with Crippen molar-refractivity contribution in [3.8, 4) is 0 Å². The Morgan fingerprint density at radius 2 is 1.80 bits per heavy atom. The molecule has 1 N–H and O–H groups in total. The van der Waals surface area contributed by atoms with E-state index in [1.165, 1.54) is 0 Å². The molecule has 1 aromatic rings. The van der Waals surface area contributed by atoms with Crippen LogP contribution in [0.5, 0.6) is 0 Å². The number of carbonyl (C=O) groups is 1. The van der Waals surface area contributed by atoms with E-state index in [1.807, 2.05) is 32.0 Å². The summed E-state index contributed by atoms with van der Waals surface area (Å²) >= 11 is 0. The molecule has 0 unspecified atom stereocenters. The molecule has 0 radical (unpaired) electrons. The third kappa shape index (κ3) is 6.43. The molecular weight excluding hydrogens is 190 g/mol. The van der Waals surface area contributed by atoms with E-state index < -0.39 is 0 Å². The van der Waals surface area contributed by atoms with E-state index >= 15 is 0 Å². The van der Waals surface area contributed by atoms with E-state index in [0.717, 1.165) is 30.4 Å². The molecule has 0 heterocycles. The fourth-order valence-corrected chi connectivity index (χ4v) is 0.923. The first-order valence-electron chi connectivity index (χ1n) is 4.98. The van der Waals surface area contributed by atoms with Crippen LogP contribution in [0.4, 0.5) is 0 Å². The number of oxime groups is 1. The summed E-state index contributed by atoms with van der Waals surface area (Å²) < 4.78 is 0. The maximum absolute atomic E-state index is 10.0. The van der Waals surface area contributed by atoms with Gasteiger partial charge in [-0.2, -0.15) is 0 Å². The molecule has 0 fully saturated rings. The largest absolute Gasteiger partial charge is 0.411 e. The number of hydrogen-bond donors (Lipinski definition) is 1. The molecule has 0 aromatic heterocycles. The number of carbonyl (C=O) groups excluding carboxylic acids is 1. The highest BCUT2D eigenvalue weighted by atomic mass is 16.4. The molecule has 0 spiro atoms. The Labute approximate surface area is 90.4 Å². The monoisotopic (exact) mass is 207 g/mol. The maximum Gasteiger partial charge on any atom is 0.150 e. The molecule has 3 nitrogen and oxygen atoms in total. The van der Waals surface area contributed by atoms with Gasteiger partial charge < -0.3 is 5.21 Å². The van der Waals surface area contributed by atoms with Gasteiger partial charge in [0.1, 0.15) is 6.29 Å². The third-order valence-electron chi connectivity index (χ3n) is 1.89. The SMILES string of the molecule is CCC(CC)=NO.O=Cc1ccccc1. The van der Waals surface area contributed by atoms with Gasteiger partial charge in [0, 0.05) is 5.56 Å². The van der Waals surface area contributed by atoms with Gasteiger partial charge >= 0.3 is 0 Å². The molecule has 0 saturated heterocycles. The van der Waals surface area contributed by atoms with Gasteiger partial charge in [-0.15, -0.1) is 0 Å². The molecule has 0 atom stereocenters. The zero-order chi connectivity index (χ0) is 11.5. The molecule has 82 valence electrons. The number of nitrogens with zero attached hydrogens (tertiary/aromatic N) is 1. The summed E-state index contributed by atoms with van der Waals surface area (Å²) in [5.41, 5.74) is 1.59. The van der Waals surface area contributed by atoms with Gasteiger partial charge in [-0.3, -0.25) is 4.79 Å². The Hall–Kier alpha value is -1.64. The van der Waals surface area contributed by atoms with Gasteiger partial charge in [-0.25, -0.2) is 0 Å². The summed E-state index contributed by atoms with van der Waals surface area (Å²) in [6.07, 6.45) is 2.54. The summed E-state index contributed by atoms with van der Waals surface area (Å²) in [6.45, 7) is 3.94. The van der Waals surface area contributed by atoms with Crippen LogP contribution in [0, 0.1) is 0 Å². The smallest absolute Gasteiger partial charge is 0.150 e. The van der Waals surface area contributed by atoms with Crippen LogP contribution in [0.2, 0.25) is 0 Å². The summed E-state index contributed by atoms with van der Waals surface area (Å²) in [5.74, 6) is 0. The molecule has 0 aliphatic heterocycles. The number of benzene rings is 1. The minimum absolute atomic E-state index is 0.729. The third-order valence-corrected chi connectivity index (χ3v) is 1.89. The lowest BCUT2D eigenvalue weighted by molar-refractivity contribution is 0.112. The first-order chi connectivity index (χ1) is 7.28. The average Bonchev–Trinajstić information content (AvgIpc) is 2.33. The Morgan fingerprint density at radius 3 is 2.00 bits per heavy atom. The lowest BCUT2D eigenvalue weighted by Gasteiger charge is -1.89. The minimum Gasteiger partial charge on any atom is -0.411 e. The van der Waals surface area contributed by atoms with E-state index in [1.54, 1.807) is 12.1 Å². The lowest BCUT2D eigenvalue weighted by Crippen LogP contribution is -1.90. The summed E-state index contributed by atoms with van der Waals surface area (Å²) in [6, 6.07) is 9.10. The maximum atomic E-state index is 10.0. The van der Waals surface area contributed by atoms with Crippen LogP contribution >= 0.6 is 0 Å². The second-order valence-corrected chi connectivity index (χ2v) is 2.90. The highest BCUT2D eigenvalue weighted by Gasteiger charge is 1.86.